The van der Waals surface area contributed by atoms with Crippen LogP contribution >= 0.6 is 31.9 Å². The van der Waals surface area contributed by atoms with Gasteiger partial charge in [0.25, 0.3) is 0 Å². The Morgan fingerprint density at radius 1 is 0.482 bits per heavy atom. The summed E-state index contributed by atoms with van der Waals surface area (Å²) in [5.74, 6) is 1.00. The third-order valence-electron chi connectivity index (χ3n) is 19.8. The Balaban J connectivity index is 0.000000168. The number of anilines is 3. The molecule has 8 aromatic carbocycles. The molecule has 1 saturated carbocycles. The fourth-order valence-electron chi connectivity index (χ4n) is 13.7. The van der Waals surface area contributed by atoms with Gasteiger partial charge in [0.15, 0.2) is 0 Å². The van der Waals surface area contributed by atoms with Crippen LogP contribution in [0.1, 0.15) is 132 Å². The molecule has 85 heavy (non-hydrogen) atoms. The Labute approximate surface area is 522 Å². The molecule has 1 spiro atoms. The number of halogens is 2. The molecule has 10 heteroatoms. The van der Waals surface area contributed by atoms with Crippen molar-refractivity contribution in [3.05, 3.63) is 214 Å². The van der Waals surface area contributed by atoms with Gasteiger partial charge in [-0.3, -0.25) is 0 Å². The van der Waals surface area contributed by atoms with E-state index in [-0.39, 0.29) is 42.1 Å². The normalized spacial score (nSPS) is 19.5. The highest BCUT2D eigenvalue weighted by atomic mass is 79.9. The molecular weight excluding hydrogens is 1170 g/mol. The average Bonchev–Trinajstić information content (AvgIpc) is 1.62. The Morgan fingerprint density at radius 3 is 1.38 bits per heavy atom. The minimum atomic E-state index is -0.383. The van der Waals surface area contributed by atoms with Gasteiger partial charge in [-0.25, -0.2) is 0 Å². The van der Waals surface area contributed by atoms with Crippen LogP contribution in [0, 0.1) is 11.8 Å². The fourth-order valence-corrected chi connectivity index (χ4v) is 14.2. The van der Waals surface area contributed by atoms with Crippen LogP contribution in [-0.2, 0) is 24.0 Å². The standard InChI is InChI=1S/C39H56B2O4.C36H24Br2N2/c1-12-14-16-27-24-39(25-28(26(27)3)17-15-13-2)33-22-29(40-42-35(4,5)36(6,7)43-40)18-20-31(33)32-21-19-30(23-34(32)39)41-44-37(8,9)38(10,11)45-41;37-27-13-19-31(20-14-27)39(32-21-15-28(38)16-22-32)30-17-10-25(11-18-30)26-12-23-36-34(24-26)33-8-4-5-9-35(33)40(36)29-6-2-1-3-7-29/h18-23,27-28H,3,12-17,24-25H2,1-2,4-11H3;1-24H. The van der Waals surface area contributed by atoms with Crippen LogP contribution in [-0.4, -0.2) is 41.2 Å². The SMILES string of the molecule is Brc1ccc(N(c2ccc(Br)cc2)c2ccc(-c3ccc4c(c3)c3ccccc3n4-c3ccccc3)cc2)cc1.C=C1C(CCCC)CC2(CC1CCCC)c1cc(B3OC(C)(C)C(C)(C)O3)ccc1-c1ccc(B3OC(C)(C)C(C)(C)O3)cc12. The van der Waals surface area contributed by atoms with Crippen LogP contribution in [0.4, 0.5) is 17.1 Å². The highest BCUT2D eigenvalue weighted by Gasteiger charge is 2.55. The van der Waals surface area contributed by atoms with Crippen LogP contribution in [0.25, 0.3) is 49.7 Å². The molecule has 434 valence electrons. The number of benzene rings is 8. The molecule has 1 aromatic heterocycles. The topological polar surface area (TPSA) is 45.1 Å². The van der Waals surface area contributed by atoms with E-state index in [1.165, 1.54) is 105 Å². The molecule has 2 unspecified atom stereocenters. The Morgan fingerprint density at radius 2 is 0.906 bits per heavy atom. The summed E-state index contributed by atoms with van der Waals surface area (Å²) in [5.41, 5.74) is 17.0. The number of allylic oxidation sites excluding steroid dienone is 1. The molecule has 2 saturated heterocycles. The molecule has 0 N–H and O–H groups in total. The molecule has 13 rings (SSSR count). The molecule has 6 nitrogen and oxygen atoms in total. The molecule has 3 heterocycles. The molecule has 0 amide bonds. The van der Waals surface area contributed by atoms with Gasteiger partial charge in [-0.1, -0.05) is 175 Å². The molecule has 2 aliphatic carbocycles. The fraction of sp³-hybridized carbons (Fsp3) is 0.333. The zero-order valence-electron chi connectivity index (χ0n) is 51.3. The summed E-state index contributed by atoms with van der Waals surface area (Å²) >= 11 is 7.15. The number of nitrogens with zero attached hydrogens (tertiary/aromatic N) is 2. The predicted octanol–water partition coefficient (Wildman–Crippen LogP) is 20.0. The number of unbranched alkanes of at least 4 members (excludes halogenated alkanes) is 2. The number of hydrogen-bond donors (Lipinski definition) is 0. The third kappa shape index (κ3) is 11.1. The summed E-state index contributed by atoms with van der Waals surface area (Å²) in [5, 5.41) is 2.52. The van der Waals surface area contributed by atoms with Gasteiger partial charge < -0.3 is 28.1 Å². The Kier molecular flexibility index (Phi) is 16.3. The van der Waals surface area contributed by atoms with Gasteiger partial charge in [-0.05, 0) is 228 Å². The smallest absolute Gasteiger partial charge is 0.399 e. The van der Waals surface area contributed by atoms with E-state index in [0.29, 0.717) is 11.8 Å². The van der Waals surface area contributed by atoms with Gasteiger partial charge in [-0.15, -0.1) is 0 Å². The van der Waals surface area contributed by atoms with Crippen molar-refractivity contribution in [1.82, 2.24) is 4.57 Å². The lowest BCUT2D eigenvalue weighted by atomic mass is 9.57. The molecule has 0 radical (unpaired) electrons. The van der Waals surface area contributed by atoms with Crippen molar-refractivity contribution in [2.45, 2.75) is 148 Å². The Bertz CT molecular complexity index is 3730. The first-order valence-electron chi connectivity index (χ1n) is 30.9. The summed E-state index contributed by atoms with van der Waals surface area (Å²) in [4.78, 5) is 2.28. The lowest BCUT2D eigenvalue weighted by Crippen LogP contribution is -2.41. The van der Waals surface area contributed by atoms with Gasteiger partial charge >= 0.3 is 14.2 Å². The van der Waals surface area contributed by atoms with Crippen molar-refractivity contribution >= 4 is 95.9 Å². The van der Waals surface area contributed by atoms with E-state index in [9.17, 15) is 0 Å². The number of hydrogen-bond acceptors (Lipinski definition) is 5. The van der Waals surface area contributed by atoms with E-state index in [1.807, 2.05) is 0 Å². The molecule has 4 aliphatic rings. The van der Waals surface area contributed by atoms with E-state index in [2.05, 4.69) is 293 Å². The summed E-state index contributed by atoms with van der Waals surface area (Å²) in [6.07, 6.45) is 9.49. The van der Waals surface area contributed by atoms with Crippen molar-refractivity contribution in [3.63, 3.8) is 0 Å². The van der Waals surface area contributed by atoms with Crippen LogP contribution in [0.3, 0.4) is 0 Å². The van der Waals surface area contributed by atoms with Crippen molar-refractivity contribution in [3.8, 4) is 27.9 Å². The zero-order valence-corrected chi connectivity index (χ0v) is 54.4. The minimum Gasteiger partial charge on any atom is -0.399 e. The van der Waals surface area contributed by atoms with Crippen molar-refractivity contribution in [1.29, 1.82) is 0 Å². The second-order valence-electron chi connectivity index (χ2n) is 26.3. The third-order valence-corrected chi connectivity index (χ3v) is 20.9. The number of fused-ring (bicyclic) bond motifs is 8. The first-order chi connectivity index (χ1) is 40.7. The van der Waals surface area contributed by atoms with E-state index in [0.717, 1.165) is 49.8 Å². The predicted molar refractivity (Wildman–Crippen MR) is 365 cm³/mol. The molecule has 3 fully saturated rings. The van der Waals surface area contributed by atoms with E-state index >= 15 is 0 Å². The number of rotatable bonds is 13. The largest absolute Gasteiger partial charge is 0.494 e. The lowest BCUT2D eigenvalue weighted by molar-refractivity contribution is 0.00578. The highest BCUT2D eigenvalue weighted by Crippen LogP contribution is 2.60. The van der Waals surface area contributed by atoms with Gasteiger partial charge in [-0.2, -0.15) is 0 Å². The van der Waals surface area contributed by atoms with Crippen LogP contribution in [0.2, 0.25) is 0 Å². The molecule has 9 aromatic rings. The first kappa shape index (κ1) is 59.4. The average molecular weight is 1250 g/mol. The van der Waals surface area contributed by atoms with Gasteiger partial charge in [0.05, 0.1) is 33.4 Å². The van der Waals surface area contributed by atoms with Gasteiger partial charge in [0, 0.05) is 47.9 Å². The van der Waals surface area contributed by atoms with Crippen LogP contribution in [0.15, 0.2) is 203 Å². The quantitative estimate of drug-likeness (QED) is 0.0850. The maximum atomic E-state index is 6.58. The molecule has 0 bridgehead atoms. The number of para-hydroxylation sites is 2. The lowest BCUT2D eigenvalue weighted by Gasteiger charge is -2.46. The van der Waals surface area contributed by atoms with Crippen molar-refractivity contribution in [2.24, 2.45) is 11.8 Å². The number of aromatic nitrogens is 1. The first-order valence-corrected chi connectivity index (χ1v) is 32.5. The molecule has 2 aliphatic heterocycles. The van der Waals surface area contributed by atoms with E-state index < -0.39 is 0 Å². The van der Waals surface area contributed by atoms with Gasteiger partial charge in [0.1, 0.15) is 0 Å². The van der Waals surface area contributed by atoms with Crippen LogP contribution < -0.4 is 15.8 Å². The monoisotopic (exact) mass is 1250 g/mol. The second-order valence-corrected chi connectivity index (χ2v) is 28.1. The second kappa shape index (κ2) is 23.3. The maximum Gasteiger partial charge on any atom is 0.494 e. The van der Waals surface area contributed by atoms with E-state index in [1.54, 1.807) is 0 Å². The van der Waals surface area contributed by atoms with Crippen molar-refractivity contribution in [2.75, 3.05) is 4.90 Å². The minimum absolute atomic E-state index is 0.109. The summed E-state index contributed by atoms with van der Waals surface area (Å²) < 4.78 is 30.8. The zero-order chi connectivity index (χ0) is 59.6. The maximum absolute atomic E-state index is 6.58. The Hall–Kier alpha value is -5.97. The highest BCUT2D eigenvalue weighted by molar-refractivity contribution is 9.10. The summed E-state index contributed by atoms with van der Waals surface area (Å²) in [6, 6.07) is 65.8. The summed E-state index contributed by atoms with van der Waals surface area (Å²) in [6.45, 7) is 26.5. The van der Waals surface area contributed by atoms with Gasteiger partial charge in [0.2, 0.25) is 0 Å². The van der Waals surface area contributed by atoms with E-state index in [4.69, 9.17) is 25.2 Å². The van der Waals surface area contributed by atoms with Crippen LogP contribution in [0.5, 0.6) is 0 Å². The van der Waals surface area contributed by atoms with Crippen molar-refractivity contribution < 1.29 is 18.6 Å². The summed E-state index contributed by atoms with van der Waals surface area (Å²) in [7, 11) is -0.765. The molecular formula is C75H80B2Br2N2O4. The molecule has 2 atom stereocenters.